The maximum Gasteiger partial charge on any atom is 0.260 e. The molecule has 1 aromatic heterocycles. The molecule has 1 aliphatic heterocycles. The van der Waals surface area contributed by atoms with Crippen molar-refractivity contribution in [3.8, 4) is 0 Å². The van der Waals surface area contributed by atoms with Crippen LogP contribution in [0.5, 0.6) is 0 Å². The third-order valence-corrected chi connectivity index (χ3v) is 6.22. The molecule has 2 rings (SSSR count). The van der Waals surface area contributed by atoms with Crippen molar-refractivity contribution in [2.45, 2.75) is 51.5 Å². The van der Waals surface area contributed by atoms with Crippen LogP contribution in [-0.2, 0) is 16.4 Å². The van der Waals surface area contributed by atoms with Crippen LogP contribution in [0.4, 0.5) is 0 Å². The van der Waals surface area contributed by atoms with Gasteiger partial charge in [0.15, 0.2) is 5.03 Å². The average molecular weight is 285 g/mol. The maximum absolute atomic E-state index is 12.5. The number of aromatic nitrogens is 2. The largest absolute Gasteiger partial charge is 0.332 e. The molecule has 0 saturated carbocycles. The molecule has 0 amide bonds. The second-order valence-electron chi connectivity index (χ2n) is 5.34. The van der Waals surface area contributed by atoms with Gasteiger partial charge in [-0.15, -0.1) is 0 Å². The third kappa shape index (κ3) is 2.56. The Balaban J connectivity index is 2.22. The summed E-state index contributed by atoms with van der Waals surface area (Å²) in [6, 6.07) is 0. The summed E-state index contributed by atoms with van der Waals surface area (Å²) in [6.45, 7) is 7.48. The van der Waals surface area contributed by atoms with E-state index in [0.717, 1.165) is 25.1 Å². The lowest BCUT2D eigenvalue weighted by atomic mass is 9.82. The van der Waals surface area contributed by atoms with Gasteiger partial charge in [0.1, 0.15) is 5.82 Å². The van der Waals surface area contributed by atoms with Crippen LogP contribution in [-0.4, -0.2) is 35.8 Å². The van der Waals surface area contributed by atoms with E-state index < -0.39 is 10.0 Å². The zero-order valence-electron chi connectivity index (χ0n) is 11.9. The van der Waals surface area contributed by atoms with E-state index in [9.17, 15) is 8.42 Å². The first kappa shape index (κ1) is 14.5. The predicted molar refractivity (Wildman–Crippen MR) is 74.4 cm³/mol. The standard InChI is InChI=1S/C13H23N3O2S/c1-4-11-14-9-12(15-11)19(17,18)16-8-7-13(5-2,6-3)10-16/h9H,4-8,10H2,1-3H3,(H,14,15). The van der Waals surface area contributed by atoms with Gasteiger partial charge in [0.05, 0.1) is 6.20 Å². The topological polar surface area (TPSA) is 66.1 Å². The molecule has 0 bridgehead atoms. The number of hydrogen-bond donors (Lipinski definition) is 1. The molecule has 0 aliphatic carbocycles. The summed E-state index contributed by atoms with van der Waals surface area (Å²) < 4.78 is 26.7. The highest BCUT2D eigenvalue weighted by Gasteiger charge is 2.41. The first-order valence-electron chi connectivity index (χ1n) is 7.01. The monoisotopic (exact) mass is 285 g/mol. The molecule has 1 fully saturated rings. The van der Waals surface area contributed by atoms with Crippen molar-refractivity contribution < 1.29 is 8.42 Å². The van der Waals surface area contributed by atoms with E-state index in [1.54, 1.807) is 4.31 Å². The van der Waals surface area contributed by atoms with Gasteiger partial charge < -0.3 is 4.98 Å². The lowest BCUT2D eigenvalue weighted by Gasteiger charge is -2.25. The normalized spacial score (nSPS) is 19.9. The SMILES string of the molecule is CCc1ncc(S(=O)(=O)N2CCC(CC)(CC)C2)[nH]1. The van der Waals surface area contributed by atoms with Crippen molar-refractivity contribution in [3.05, 3.63) is 12.0 Å². The number of nitrogens with zero attached hydrogens (tertiary/aromatic N) is 2. The van der Waals surface area contributed by atoms with E-state index in [1.807, 2.05) is 6.92 Å². The fourth-order valence-electron chi connectivity index (χ4n) is 2.72. The van der Waals surface area contributed by atoms with Crippen LogP contribution >= 0.6 is 0 Å². The van der Waals surface area contributed by atoms with E-state index >= 15 is 0 Å². The van der Waals surface area contributed by atoms with Gasteiger partial charge in [-0.05, 0) is 24.7 Å². The summed E-state index contributed by atoms with van der Waals surface area (Å²) in [5.74, 6) is 0.718. The van der Waals surface area contributed by atoms with Crippen molar-refractivity contribution in [2.75, 3.05) is 13.1 Å². The number of hydrogen-bond acceptors (Lipinski definition) is 3. The number of aromatic amines is 1. The number of rotatable bonds is 5. The van der Waals surface area contributed by atoms with Gasteiger partial charge in [-0.1, -0.05) is 20.8 Å². The number of aryl methyl sites for hydroxylation is 1. The van der Waals surface area contributed by atoms with Crippen molar-refractivity contribution in [3.63, 3.8) is 0 Å². The first-order valence-corrected chi connectivity index (χ1v) is 8.45. The fraction of sp³-hybridized carbons (Fsp3) is 0.769. The molecule has 1 saturated heterocycles. The van der Waals surface area contributed by atoms with Crippen molar-refractivity contribution in [1.29, 1.82) is 0 Å². The van der Waals surface area contributed by atoms with Crippen LogP contribution in [0.3, 0.4) is 0 Å². The lowest BCUT2D eigenvalue weighted by molar-refractivity contribution is 0.279. The van der Waals surface area contributed by atoms with E-state index in [1.165, 1.54) is 6.20 Å². The Labute approximate surface area is 115 Å². The summed E-state index contributed by atoms with van der Waals surface area (Å²) in [5, 5.41) is 0.229. The van der Waals surface area contributed by atoms with Crippen molar-refractivity contribution in [1.82, 2.24) is 14.3 Å². The van der Waals surface area contributed by atoms with Gasteiger partial charge in [0.2, 0.25) is 0 Å². The molecule has 0 aromatic carbocycles. The Morgan fingerprint density at radius 3 is 2.53 bits per heavy atom. The lowest BCUT2D eigenvalue weighted by Crippen LogP contribution is -2.32. The van der Waals surface area contributed by atoms with Gasteiger partial charge in [0.25, 0.3) is 10.0 Å². The zero-order chi connectivity index (χ0) is 14.1. The number of imidazole rings is 1. The molecule has 0 spiro atoms. The highest BCUT2D eigenvalue weighted by Crippen LogP contribution is 2.38. The van der Waals surface area contributed by atoms with Gasteiger partial charge in [0, 0.05) is 19.5 Å². The fourth-order valence-corrected chi connectivity index (χ4v) is 4.21. The second kappa shape index (κ2) is 5.25. The van der Waals surface area contributed by atoms with Crippen LogP contribution in [0.15, 0.2) is 11.2 Å². The second-order valence-corrected chi connectivity index (χ2v) is 7.25. The van der Waals surface area contributed by atoms with E-state index in [-0.39, 0.29) is 10.4 Å². The van der Waals surface area contributed by atoms with Gasteiger partial charge in [-0.25, -0.2) is 13.4 Å². The van der Waals surface area contributed by atoms with E-state index in [2.05, 4.69) is 23.8 Å². The summed E-state index contributed by atoms with van der Waals surface area (Å²) in [6.07, 6.45) is 5.15. The molecular weight excluding hydrogens is 262 g/mol. The predicted octanol–water partition coefficient (Wildman–Crippen LogP) is 2.17. The molecule has 0 radical (unpaired) electrons. The molecule has 0 unspecified atom stereocenters. The number of sulfonamides is 1. The molecular formula is C13H23N3O2S. The van der Waals surface area contributed by atoms with Crippen LogP contribution in [0.25, 0.3) is 0 Å². The van der Waals surface area contributed by atoms with Crippen molar-refractivity contribution >= 4 is 10.0 Å². The first-order chi connectivity index (χ1) is 8.97. The summed E-state index contributed by atoms with van der Waals surface area (Å²) in [4.78, 5) is 6.99. The Hall–Kier alpha value is -0.880. The van der Waals surface area contributed by atoms with Crippen LogP contribution in [0.1, 0.15) is 45.9 Å². The molecule has 1 aromatic rings. The number of H-pyrrole nitrogens is 1. The summed E-state index contributed by atoms with van der Waals surface area (Å²) >= 11 is 0. The third-order valence-electron chi connectivity index (χ3n) is 4.46. The summed E-state index contributed by atoms with van der Waals surface area (Å²) in [5.41, 5.74) is 0.153. The smallest absolute Gasteiger partial charge is 0.260 e. The molecule has 2 heterocycles. The molecule has 5 nitrogen and oxygen atoms in total. The Morgan fingerprint density at radius 2 is 2.05 bits per heavy atom. The molecule has 108 valence electrons. The minimum Gasteiger partial charge on any atom is -0.332 e. The zero-order valence-corrected chi connectivity index (χ0v) is 12.8. The van der Waals surface area contributed by atoms with Crippen LogP contribution < -0.4 is 0 Å². The quantitative estimate of drug-likeness (QED) is 0.901. The van der Waals surface area contributed by atoms with Gasteiger partial charge in [-0.3, -0.25) is 0 Å². The molecule has 1 N–H and O–H groups in total. The van der Waals surface area contributed by atoms with Crippen LogP contribution in [0.2, 0.25) is 0 Å². The Morgan fingerprint density at radius 1 is 1.37 bits per heavy atom. The average Bonchev–Trinajstić information content (AvgIpc) is 3.06. The summed E-state index contributed by atoms with van der Waals surface area (Å²) in [7, 11) is -3.40. The van der Waals surface area contributed by atoms with Crippen molar-refractivity contribution in [2.24, 2.45) is 5.41 Å². The van der Waals surface area contributed by atoms with Crippen LogP contribution in [0, 0.1) is 5.41 Å². The Bertz CT molecular complexity index is 532. The van der Waals surface area contributed by atoms with Gasteiger partial charge in [-0.2, -0.15) is 4.31 Å². The van der Waals surface area contributed by atoms with E-state index in [0.29, 0.717) is 19.5 Å². The highest BCUT2D eigenvalue weighted by molar-refractivity contribution is 7.89. The minimum absolute atomic E-state index is 0.153. The molecule has 6 heteroatoms. The molecule has 0 atom stereocenters. The molecule has 19 heavy (non-hydrogen) atoms. The van der Waals surface area contributed by atoms with Gasteiger partial charge >= 0.3 is 0 Å². The van der Waals surface area contributed by atoms with E-state index in [4.69, 9.17) is 0 Å². The number of nitrogens with one attached hydrogen (secondary N) is 1. The Kier molecular flexibility index (Phi) is 4.01. The maximum atomic E-state index is 12.5. The highest BCUT2D eigenvalue weighted by atomic mass is 32.2. The molecule has 1 aliphatic rings. The minimum atomic E-state index is -3.40.